The van der Waals surface area contributed by atoms with E-state index < -0.39 is 27.5 Å². The molecule has 1 saturated carbocycles. The number of para-hydroxylation sites is 1. The molecule has 232 valence electrons. The number of ether oxygens (including phenoxy) is 1. The van der Waals surface area contributed by atoms with Crippen LogP contribution in [0.5, 0.6) is 0 Å². The lowest BCUT2D eigenvalue weighted by atomic mass is 9.81. The summed E-state index contributed by atoms with van der Waals surface area (Å²) in [6, 6.07) is 33.7. The maximum Gasteiger partial charge on any atom is 0.339 e. The second-order valence-electron chi connectivity index (χ2n) is 12.1. The Morgan fingerprint density at radius 3 is 2.17 bits per heavy atom. The summed E-state index contributed by atoms with van der Waals surface area (Å²) < 4.78 is 34.7. The Hall–Kier alpha value is -5.02. The Balaban J connectivity index is 1.27. The third kappa shape index (κ3) is 5.51. The van der Waals surface area contributed by atoms with Crippen LogP contribution >= 0.6 is 0 Å². The van der Waals surface area contributed by atoms with Gasteiger partial charge < -0.3 is 9.84 Å². The van der Waals surface area contributed by atoms with Crippen molar-refractivity contribution in [3.05, 3.63) is 143 Å². The van der Waals surface area contributed by atoms with Gasteiger partial charge in [0.1, 0.15) is 5.76 Å². The largest absolute Gasteiger partial charge is 0.507 e. The van der Waals surface area contributed by atoms with Crippen molar-refractivity contribution in [2.24, 2.45) is 5.92 Å². The molecule has 9 heteroatoms. The monoisotopic (exact) mass is 631 g/mol. The Bertz CT molecular complexity index is 2020. The van der Waals surface area contributed by atoms with E-state index in [1.54, 1.807) is 30.3 Å². The van der Waals surface area contributed by atoms with Crippen molar-refractivity contribution in [3.63, 3.8) is 0 Å². The molecule has 1 atom stereocenters. The zero-order valence-corrected chi connectivity index (χ0v) is 26.1. The topological polar surface area (TPSA) is 110 Å². The molecule has 1 unspecified atom stereocenters. The number of nitrogens with zero attached hydrogens (tertiary/aromatic N) is 3. The van der Waals surface area contributed by atoms with Gasteiger partial charge in [0, 0.05) is 37.4 Å². The Morgan fingerprint density at radius 2 is 1.52 bits per heavy atom. The predicted octanol–water partition coefficient (Wildman–Crippen LogP) is 6.54. The third-order valence-electron chi connectivity index (χ3n) is 8.92. The first kappa shape index (κ1) is 29.7. The van der Waals surface area contributed by atoms with Crippen molar-refractivity contribution in [1.29, 1.82) is 0 Å². The van der Waals surface area contributed by atoms with E-state index in [1.807, 2.05) is 78.9 Å². The molecule has 2 aliphatic rings. The summed E-state index contributed by atoms with van der Waals surface area (Å²) >= 11 is 0. The molecule has 1 N–H and O–H groups in total. The summed E-state index contributed by atoms with van der Waals surface area (Å²) in [4.78, 5) is 22.3. The predicted molar refractivity (Wildman–Crippen MR) is 176 cm³/mol. The number of benzene rings is 4. The highest BCUT2D eigenvalue weighted by Crippen LogP contribution is 2.52. The van der Waals surface area contributed by atoms with Crippen LogP contribution in [0.2, 0.25) is 0 Å². The molecule has 2 heterocycles. The molecule has 0 saturated heterocycles. The van der Waals surface area contributed by atoms with Gasteiger partial charge in [-0.2, -0.15) is 8.42 Å². The number of esters is 1. The van der Waals surface area contributed by atoms with Gasteiger partial charge in [0.15, 0.2) is 5.60 Å². The first-order chi connectivity index (χ1) is 22.2. The molecule has 0 spiro atoms. The van der Waals surface area contributed by atoms with E-state index in [2.05, 4.69) is 9.97 Å². The minimum atomic E-state index is -4.10. The first-order valence-corrected chi connectivity index (χ1v) is 16.7. The summed E-state index contributed by atoms with van der Waals surface area (Å²) in [5.74, 6) is -0.959. The van der Waals surface area contributed by atoms with Gasteiger partial charge >= 0.3 is 5.97 Å². The quantitative estimate of drug-likeness (QED) is 0.138. The lowest BCUT2D eigenvalue weighted by Crippen LogP contribution is -2.37. The number of sulfonamides is 1. The van der Waals surface area contributed by atoms with Crippen LogP contribution in [0.15, 0.2) is 132 Å². The fourth-order valence-electron chi connectivity index (χ4n) is 6.41. The molecule has 0 amide bonds. The van der Waals surface area contributed by atoms with E-state index in [4.69, 9.17) is 4.74 Å². The molecule has 5 aromatic rings. The molecule has 1 aromatic heterocycles. The maximum atomic E-state index is 13.8. The number of aromatic nitrogens is 2. The van der Waals surface area contributed by atoms with Crippen LogP contribution in [0.4, 0.5) is 5.69 Å². The van der Waals surface area contributed by atoms with Crippen LogP contribution in [0.25, 0.3) is 10.9 Å². The minimum absolute atomic E-state index is 0.0574. The first-order valence-electron chi connectivity index (χ1n) is 15.3. The highest BCUT2D eigenvalue weighted by Gasteiger charge is 2.53. The molecule has 1 aliphatic heterocycles. The van der Waals surface area contributed by atoms with Crippen molar-refractivity contribution >= 4 is 32.6 Å². The molecule has 0 radical (unpaired) electrons. The van der Waals surface area contributed by atoms with Gasteiger partial charge in [0.2, 0.25) is 0 Å². The molecular weight excluding hydrogens is 598 g/mol. The van der Waals surface area contributed by atoms with Gasteiger partial charge in [-0.25, -0.2) is 14.8 Å². The van der Waals surface area contributed by atoms with Gasteiger partial charge in [-0.05, 0) is 53.6 Å². The van der Waals surface area contributed by atoms with E-state index in [-0.39, 0.29) is 22.4 Å². The van der Waals surface area contributed by atoms with Crippen molar-refractivity contribution in [2.75, 3.05) is 11.4 Å². The second kappa shape index (κ2) is 11.7. The average molecular weight is 632 g/mol. The Kier molecular flexibility index (Phi) is 7.56. The molecule has 4 aromatic carbocycles. The standard InChI is InChI=1S/C37H33N3O5S/c1-40(46(43,44)36-38-24-29-15-8-9-18-31(29)39-36)30-17-10-16-28(21-30)32(27-19-20-27)33-34(41)37(45-35(33)42,22-25-11-4-2-5-12-25)23-26-13-6-3-7-14-26/h2-18,21,24,27,32,41H,19-20,22-23H2,1H3. The van der Waals surface area contributed by atoms with Gasteiger partial charge in [-0.1, -0.05) is 91.0 Å². The van der Waals surface area contributed by atoms with Crippen LogP contribution in [0, 0.1) is 5.92 Å². The minimum Gasteiger partial charge on any atom is -0.507 e. The summed E-state index contributed by atoms with van der Waals surface area (Å²) in [7, 11) is -2.64. The van der Waals surface area contributed by atoms with Gasteiger partial charge in [-0.3, -0.25) is 4.31 Å². The van der Waals surface area contributed by atoms with Crippen molar-refractivity contribution in [2.45, 2.75) is 42.4 Å². The number of anilines is 1. The molecule has 1 aliphatic carbocycles. The lowest BCUT2D eigenvalue weighted by Gasteiger charge is -2.29. The molecule has 8 nitrogen and oxygen atoms in total. The van der Waals surface area contributed by atoms with Gasteiger partial charge in [-0.15, -0.1) is 0 Å². The number of rotatable bonds is 10. The molecule has 7 rings (SSSR count). The van der Waals surface area contributed by atoms with Crippen molar-refractivity contribution < 1.29 is 23.1 Å². The number of hydrogen-bond acceptors (Lipinski definition) is 7. The van der Waals surface area contributed by atoms with Crippen LogP contribution in [-0.4, -0.2) is 42.1 Å². The smallest absolute Gasteiger partial charge is 0.339 e. The number of fused-ring (bicyclic) bond motifs is 1. The van der Waals surface area contributed by atoms with Gasteiger partial charge in [0.05, 0.1) is 16.8 Å². The van der Waals surface area contributed by atoms with Crippen molar-refractivity contribution in [3.8, 4) is 0 Å². The van der Waals surface area contributed by atoms with E-state index in [1.165, 1.54) is 13.2 Å². The van der Waals surface area contributed by atoms with Gasteiger partial charge in [0.25, 0.3) is 15.2 Å². The molecule has 0 bridgehead atoms. The van der Waals surface area contributed by atoms with Crippen LogP contribution in [-0.2, 0) is 32.4 Å². The fourth-order valence-corrected chi connectivity index (χ4v) is 7.45. The molecule has 1 fully saturated rings. The van der Waals surface area contributed by atoms with Crippen molar-refractivity contribution in [1.82, 2.24) is 9.97 Å². The maximum absolute atomic E-state index is 13.8. The fraction of sp³-hybridized carbons (Fsp3) is 0.216. The summed E-state index contributed by atoms with van der Waals surface area (Å²) in [5, 5.41) is 12.5. The highest BCUT2D eigenvalue weighted by molar-refractivity contribution is 7.92. The molecular formula is C37H33N3O5S. The number of carbonyl (C=O) groups excluding carboxylic acids is 1. The lowest BCUT2D eigenvalue weighted by molar-refractivity contribution is -0.148. The summed E-state index contributed by atoms with van der Waals surface area (Å²) in [6.07, 6.45) is 3.88. The van der Waals surface area contributed by atoms with Crippen LogP contribution in [0.3, 0.4) is 0 Å². The molecule has 46 heavy (non-hydrogen) atoms. The van der Waals surface area contributed by atoms with Crippen LogP contribution < -0.4 is 4.31 Å². The number of hydrogen-bond donors (Lipinski definition) is 1. The Morgan fingerprint density at radius 1 is 0.891 bits per heavy atom. The SMILES string of the molecule is CN(c1cccc(C(C2=C(O)C(Cc3ccccc3)(Cc3ccccc3)OC2=O)C2CC2)c1)S(=O)(=O)c1ncc2ccccc2n1. The third-order valence-corrected chi connectivity index (χ3v) is 10.5. The second-order valence-corrected chi connectivity index (χ2v) is 13.9. The highest BCUT2D eigenvalue weighted by atomic mass is 32.2. The number of carbonyl (C=O) groups is 1. The zero-order valence-electron chi connectivity index (χ0n) is 25.3. The number of cyclic esters (lactones) is 1. The zero-order chi connectivity index (χ0) is 31.9. The Labute approximate surface area is 268 Å². The van der Waals surface area contributed by atoms with E-state index in [0.717, 1.165) is 39.2 Å². The van der Waals surface area contributed by atoms with E-state index >= 15 is 0 Å². The summed E-state index contributed by atoms with van der Waals surface area (Å²) in [5.41, 5.74) is 2.51. The van der Waals surface area contributed by atoms with Crippen LogP contribution in [0.1, 0.15) is 35.4 Å². The normalized spacial score (nSPS) is 16.8. The van der Waals surface area contributed by atoms with E-state index in [9.17, 15) is 18.3 Å². The summed E-state index contributed by atoms with van der Waals surface area (Å²) in [6.45, 7) is 0. The number of aliphatic hydroxyl groups excluding tert-OH is 1. The number of aliphatic hydroxyl groups is 1. The van der Waals surface area contributed by atoms with E-state index in [0.29, 0.717) is 24.0 Å². The average Bonchev–Trinajstić information content (AvgIpc) is 3.89.